The highest BCUT2D eigenvalue weighted by Gasteiger charge is 2.17. The van der Waals surface area contributed by atoms with Gasteiger partial charge in [-0.2, -0.15) is 5.26 Å². The highest BCUT2D eigenvalue weighted by Crippen LogP contribution is 2.29. The average Bonchev–Trinajstić information content (AvgIpc) is 2.99. The number of nitriles is 1. The molecule has 3 aromatic rings. The Labute approximate surface area is 157 Å². The van der Waals surface area contributed by atoms with Gasteiger partial charge in [-0.3, -0.25) is 0 Å². The van der Waals surface area contributed by atoms with Gasteiger partial charge in [-0.05, 0) is 63.9 Å². The van der Waals surface area contributed by atoms with Crippen molar-refractivity contribution in [2.75, 3.05) is 7.11 Å². The zero-order valence-corrected chi connectivity index (χ0v) is 15.6. The van der Waals surface area contributed by atoms with Crippen LogP contribution in [0.5, 0.6) is 0 Å². The Balaban J connectivity index is 2.02. The third-order valence-corrected chi connectivity index (χ3v) is 5.35. The van der Waals surface area contributed by atoms with Crippen LogP contribution in [0.25, 0.3) is 10.9 Å². The molecule has 2 aromatic carbocycles. The molecule has 0 unspecified atom stereocenters. The number of benzene rings is 2. The van der Waals surface area contributed by atoms with Gasteiger partial charge in [-0.15, -0.1) is 0 Å². The maximum absolute atomic E-state index is 11.9. The Bertz CT molecular complexity index is 989. The molecule has 6 heteroatoms. The molecule has 120 valence electrons. The summed E-state index contributed by atoms with van der Waals surface area (Å²) in [5, 5.41) is 10.6. The number of esters is 1. The molecule has 0 amide bonds. The van der Waals surface area contributed by atoms with Gasteiger partial charge in [-0.25, -0.2) is 4.79 Å². The van der Waals surface area contributed by atoms with E-state index in [1.807, 2.05) is 18.2 Å². The lowest BCUT2D eigenvalue weighted by Crippen LogP contribution is -2.07. The first-order valence-corrected chi connectivity index (χ1v) is 8.56. The molecule has 4 nitrogen and oxygen atoms in total. The average molecular weight is 451 g/mol. The van der Waals surface area contributed by atoms with E-state index in [4.69, 9.17) is 21.6 Å². The second-order valence-corrected chi connectivity index (χ2v) is 6.75. The van der Waals surface area contributed by atoms with E-state index in [-0.39, 0.29) is 5.97 Å². The van der Waals surface area contributed by atoms with Crippen molar-refractivity contribution >= 4 is 51.1 Å². The topological polar surface area (TPSA) is 65.9 Å². The van der Waals surface area contributed by atoms with Crippen molar-refractivity contribution in [3.05, 3.63) is 67.4 Å². The Hall–Kier alpha value is -2.04. The van der Waals surface area contributed by atoms with Crippen LogP contribution in [0.2, 0.25) is 5.02 Å². The first-order valence-electron chi connectivity index (χ1n) is 7.10. The fourth-order valence-corrected chi connectivity index (χ4v) is 3.83. The summed E-state index contributed by atoms with van der Waals surface area (Å²) >= 11 is 8.45. The van der Waals surface area contributed by atoms with Crippen LogP contribution in [0.4, 0.5) is 0 Å². The van der Waals surface area contributed by atoms with Gasteiger partial charge < -0.3 is 9.72 Å². The van der Waals surface area contributed by atoms with Crippen LogP contribution in [-0.2, 0) is 11.2 Å². The minimum Gasteiger partial charge on any atom is -0.465 e. The number of aromatic nitrogens is 1. The molecule has 0 aliphatic heterocycles. The van der Waals surface area contributed by atoms with E-state index in [0.717, 1.165) is 25.7 Å². The van der Waals surface area contributed by atoms with Crippen LogP contribution in [0, 0.1) is 14.9 Å². The summed E-state index contributed by atoms with van der Waals surface area (Å²) in [5.41, 5.74) is 3.84. The van der Waals surface area contributed by atoms with Crippen molar-refractivity contribution in [2.45, 2.75) is 6.42 Å². The minimum absolute atomic E-state index is 0.382. The summed E-state index contributed by atoms with van der Waals surface area (Å²) in [6.07, 6.45) is 0.554. The number of H-pyrrole nitrogens is 1. The fourth-order valence-electron chi connectivity index (χ4n) is 2.57. The molecule has 24 heavy (non-hydrogen) atoms. The van der Waals surface area contributed by atoms with E-state index >= 15 is 0 Å². The molecule has 0 radical (unpaired) electrons. The van der Waals surface area contributed by atoms with Crippen molar-refractivity contribution in [1.29, 1.82) is 5.26 Å². The molecule has 0 saturated carbocycles. The molecule has 3 rings (SSSR count). The summed E-state index contributed by atoms with van der Waals surface area (Å²) in [6.45, 7) is 0. The number of carbonyl (C=O) groups is 1. The van der Waals surface area contributed by atoms with Gasteiger partial charge in [0.25, 0.3) is 0 Å². The van der Waals surface area contributed by atoms with Crippen molar-refractivity contribution in [3.63, 3.8) is 0 Å². The zero-order valence-electron chi connectivity index (χ0n) is 12.7. The highest BCUT2D eigenvalue weighted by molar-refractivity contribution is 14.1. The molecule has 1 aromatic heterocycles. The summed E-state index contributed by atoms with van der Waals surface area (Å²) in [4.78, 5) is 15.2. The third kappa shape index (κ3) is 3.12. The molecule has 0 saturated heterocycles. The van der Waals surface area contributed by atoms with E-state index in [0.29, 0.717) is 22.6 Å². The lowest BCUT2D eigenvalue weighted by Gasteiger charge is -2.10. The van der Waals surface area contributed by atoms with E-state index < -0.39 is 0 Å². The number of rotatable bonds is 3. The second kappa shape index (κ2) is 6.83. The molecule has 0 aliphatic carbocycles. The van der Waals surface area contributed by atoms with Gasteiger partial charge in [0.1, 0.15) is 0 Å². The SMILES string of the molecule is COC(=O)c1ccc(Cl)c(Cc2cc3ccc(C#N)cc3[nH]2)c1I. The number of halogens is 2. The highest BCUT2D eigenvalue weighted by atomic mass is 127. The molecular formula is C18H12ClIN2O2. The molecule has 0 bridgehead atoms. The van der Waals surface area contributed by atoms with Crippen LogP contribution in [0.3, 0.4) is 0 Å². The second-order valence-electron chi connectivity index (χ2n) is 5.26. The fraction of sp³-hybridized carbons (Fsp3) is 0.111. The van der Waals surface area contributed by atoms with E-state index in [9.17, 15) is 4.79 Å². The first kappa shape index (κ1) is 16.8. The molecule has 0 aliphatic rings. The zero-order chi connectivity index (χ0) is 17.3. The predicted octanol–water partition coefficient (Wildman–Crippen LogP) is 4.67. The van der Waals surface area contributed by atoms with E-state index in [1.54, 1.807) is 18.2 Å². The van der Waals surface area contributed by atoms with Gasteiger partial charge in [0, 0.05) is 26.2 Å². The molecule has 0 atom stereocenters. The summed E-state index contributed by atoms with van der Waals surface area (Å²) in [6, 6.07) is 13.0. The van der Waals surface area contributed by atoms with Crippen LogP contribution >= 0.6 is 34.2 Å². The van der Waals surface area contributed by atoms with Gasteiger partial charge >= 0.3 is 5.97 Å². The number of nitrogens with one attached hydrogen (secondary N) is 1. The normalized spacial score (nSPS) is 10.6. The predicted molar refractivity (Wildman–Crippen MR) is 101 cm³/mol. The number of methoxy groups -OCH3 is 1. The Morgan fingerprint density at radius 2 is 2.12 bits per heavy atom. The molecule has 1 N–H and O–H groups in total. The summed E-state index contributed by atoms with van der Waals surface area (Å²) in [7, 11) is 1.36. The third-order valence-electron chi connectivity index (χ3n) is 3.77. The molecule has 0 spiro atoms. The largest absolute Gasteiger partial charge is 0.465 e. The van der Waals surface area contributed by atoms with Crippen molar-refractivity contribution in [1.82, 2.24) is 4.98 Å². The number of fused-ring (bicyclic) bond motifs is 1. The number of aromatic amines is 1. The van der Waals surface area contributed by atoms with Gasteiger partial charge in [0.15, 0.2) is 0 Å². The van der Waals surface area contributed by atoms with Crippen LogP contribution in [0.15, 0.2) is 36.4 Å². The first-order chi connectivity index (χ1) is 11.5. The molecule has 0 fully saturated rings. The number of hydrogen-bond donors (Lipinski definition) is 1. The van der Waals surface area contributed by atoms with Crippen molar-refractivity contribution in [3.8, 4) is 6.07 Å². The monoisotopic (exact) mass is 450 g/mol. The Morgan fingerprint density at radius 1 is 1.33 bits per heavy atom. The van der Waals surface area contributed by atoms with Crippen molar-refractivity contribution in [2.24, 2.45) is 0 Å². The smallest absolute Gasteiger partial charge is 0.338 e. The Morgan fingerprint density at radius 3 is 2.83 bits per heavy atom. The van der Waals surface area contributed by atoms with E-state index in [2.05, 4.69) is 33.6 Å². The summed E-state index contributed by atoms with van der Waals surface area (Å²) in [5.74, 6) is -0.382. The minimum atomic E-state index is -0.382. The Kier molecular flexibility index (Phi) is 4.78. The van der Waals surface area contributed by atoms with Crippen LogP contribution in [0.1, 0.15) is 27.2 Å². The van der Waals surface area contributed by atoms with Crippen LogP contribution in [-0.4, -0.2) is 18.1 Å². The quantitative estimate of drug-likeness (QED) is 0.466. The van der Waals surface area contributed by atoms with Gasteiger partial charge in [0.2, 0.25) is 0 Å². The number of hydrogen-bond acceptors (Lipinski definition) is 3. The number of carbonyl (C=O) groups excluding carboxylic acids is 1. The molecule has 1 heterocycles. The maximum Gasteiger partial charge on any atom is 0.338 e. The lowest BCUT2D eigenvalue weighted by molar-refractivity contribution is 0.0599. The number of nitrogens with zero attached hydrogens (tertiary/aromatic N) is 1. The van der Waals surface area contributed by atoms with Gasteiger partial charge in [-0.1, -0.05) is 17.7 Å². The van der Waals surface area contributed by atoms with Crippen LogP contribution < -0.4 is 0 Å². The molecular weight excluding hydrogens is 439 g/mol. The number of ether oxygens (including phenoxy) is 1. The van der Waals surface area contributed by atoms with Gasteiger partial charge in [0.05, 0.1) is 24.3 Å². The lowest BCUT2D eigenvalue weighted by atomic mass is 10.1. The standard InChI is InChI=1S/C18H12ClIN2O2/c1-24-18(23)13-4-5-15(19)14(17(13)20)8-12-7-11-3-2-10(9-21)6-16(11)22-12/h2-7,22H,8H2,1H3. The van der Waals surface area contributed by atoms with E-state index in [1.165, 1.54) is 7.11 Å². The summed E-state index contributed by atoms with van der Waals surface area (Å²) < 4.78 is 5.59. The van der Waals surface area contributed by atoms with Crippen molar-refractivity contribution < 1.29 is 9.53 Å². The maximum atomic E-state index is 11.9.